The third-order valence-corrected chi connectivity index (χ3v) is 4.14. The van der Waals surface area contributed by atoms with Gasteiger partial charge < -0.3 is 28.2 Å². The Morgan fingerprint density at radius 1 is 0.962 bits per heavy atom. The van der Waals surface area contributed by atoms with E-state index in [1.807, 2.05) is 0 Å². The minimum atomic E-state index is -1.04. The maximum atomic E-state index is 11.5. The Morgan fingerprint density at radius 3 is 2.00 bits per heavy atom. The normalized spacial score (nSPS) is 26.1. The number of rotatable bonds is 8. The number of quaternary nitrogens is 1. The zero-order valence-electron chi connectivity index (χ0n) is 16.4. The lowest BCUT2D eigenvalue weighted by Gasteiger charge is -2.40. The lowest BCUT2D eigenvalue weighted by molar-refractivity contribution is -0.889. The molecule has 0 unspecified atom stereocenters. The van der Waals surface area contributed by atoms with Crippen LogP contribution >= 0.6 is 0 Å². The number of nitrogens with zero attached hydrogens (tertiary/aromatic N) is 1. The van der Waals surface area contributed by atoms with Crippen LogP contribution in [0, 0.1) is 0 Å². The molecule has 0 bridgehead atoms. The molecule has 0 spiro atoms. The van der Waals surface area contributed by atoms with Gasteiger partial charge in [-0.15, -0.1) is 0 Å². The first-order chi connectivity index (χ1) is 12.1. The second-order valence-corrected chi connectivity index (χ2v) is 6.84. The van der Waals surface area contributed by atoms with E-state index in [1.54, 1.807) is 0 Å². The van der Waals surface area contributed by atoms with Crippen LogP contribution in [0.25, 0.3) is 0 Å². The summed E-state index contributed by atoms with van der Waals surface area (Å²) >= 11 is 0. The van der Waals surface area contributed by atoms with Crippen LogP contribution in [0.15, 0.2) is 0 Å². The van der Waals surface area contributed by atoms with E-state index in [1.165, 1.54) is 20.8 Å². The monoisotopic (exact) mass is 376 g/mol. The molecule has 0 aromatic heterocycles. The molecule has 4 atom stereocenters. The fourth-order valence-electron chi connectivity index (χ4n) is 2.43. The third kappa shape index (κ3) is 7.27. The van der Waals surface area contributed by atoms with E-state index in [0.717, 1.165) is 17.6 Å². The van der Waals surface area contributed by atoms with Gasteiger partial charge in [0.1, 0.15) is 6.54 Å². The number of hydrogen-bond donors (Lipinski definition) is 0. The molecule has 0 N–H and O–H groups in total. The third-order valence-electron chi connectivity index (χ3n) is 4.14. The van der Waals surface area contributed by atoms with Crippen molar-refractivity contribution in [1.82, 2.24) is 0 Å². The van der Waals surface area contributed by atoms with Crippen molar-refractivity contribution in [3.63, 3.8) is 0 Å². The largest absolute Gasteiger partial charge is 0.456 e. The number of hydrogen-bond acceptors (Lipinski definition) is 8. The predicted molar refractivity (Wildman–Crippen MR) is 89.9 cm³/mol. The summed E-state index contributed by atoms with van der Waals surface area (Å²) in [5.41, 5.74) is 0. The quantitative estimate of drug-likeness (QED) is 0.338. The van der Waals surface area contributed by atoms with Crippen molar-refractivity contribution in [3.8, 4) is 0 Å². The van der Waals surface area contributed by atoms with Crippen molar-refractivity contribution in [2.45, 2.75) is 52.3 Å². The minimum absolute atomic E-state index is 0.0357. The van der Waals surface area contributed by atoms with Crippen molar-refractivity contribution >= 4 is 17.9 Å². The van der Waals surface area contributed by atoms with Gasteiger partial charge in [-0.1, -0.05) is 0 Å². The Morgan fingerprint density at radius 2 is 1.50 bits per heavy atom. The molecular weight excluding hydrogens is 346 g/mol. The van der Waals surface area contributed by atoms with Gasteiger partial charge in [0, 0.05) is 20.8 Å². The summed E-state index contributed by atoms with van der Waals surface area (Å²) in [6, 6.07) is 0. The zero-order valence-corrected chi connectivity index (χ0v) is 16.4. The Bertz CT molecular complexity index is 507. The molecule has 0 aromatic carbocycles. The van der Waals surface area contributed by atoms with E-state index in [4.69, 9.17) is 23.7 Å². The molecule has 9 heteroatoms. The van der Waals surface area contributed by atoms with Crippen LogP contribution in [0.2, 0.25) is 0 Å². The van der Waals surface area contributed by atoms with E-state index >= 15 is 0 Å². The van der Waals surface area contributed by atoms with Gasteiger partial charge in [0.2, 0.25) is 0 Å². The highest BCUT2D eigenvalue weighted by atomic mass is 16.7. The number of esters is 3. The average molecular weight is 376 g/mol. The van der Waals surface area contributed by atoms with E-state index in [9.17, 15) is 14.4 Å². The maximum Gasteiger partial charge on any atom is 0.303 e. The van der Waals surface area contributed by atoms with Crippen molar-refractivity contribution in [2.24, 2.45) is 0 Å². The second-order valence-electron chi connectivity index (χ2n) is 6.84. The molecule has 0 amide bonds. The van der Waals surface area contributed by atoms with Crippen LogP contribution in [0.1, 0.15) is 27.7 Å². The highest BCUT2D eigenvalue weighted by Crippen LogP contribution is 2.25. The molecular formula is C17H30NO8+. The van der Waals surface area contributed by atoms with Crippen LogP contribution in [0.4, 0.5) is 0 Å². The fraction of sp³-hybridized carbons (Fsp3) is 0.824. The molecule has 9 nitrogen and oxygen atoms in total. The van der Waals surface area contributed by atoms with Gasteiger partial charge >= 0.3 is 17.9 Å². The molecule has 0 aromatic rings. The number of carbonyl (C=O) groups is 3. The summed E-state index contributed by atoms with van der Waals surface area (Å²) in [5.74, 6) is -1.73. The van der Waals surface area contributed by atoms with Gasteiger partial charge in [0.25, 0.3) is 0 Å². The van der Waals surface area contributed by atoms with Gasteiger partial charge in [0.05, 0.1) is 33.9 Å². The lowest BCUT2D eigenvalue weighted by Crippen LogP contribution is -2.58. The van der Waals surface area contributed by atoms with Crippen molar-refractivity contribution in [2.75, 3.05) is 40.4 Å². The molecule has 0 aliphatic carbocycles. The Balaban J connectivity index is 2.90. The molecule has 1 aliphatic rings. The Hall–Kier alpha value is -1.71. The van der Waals surface area contributed by atoms with E-state index < -0.39 is 42.5 Å². The van der Waals surface area contributed by atoms with Gasteiger partial charge in [-0.05, 0) is 6.92 Å². The number of carbonyl (C=O) groups excluding carboxylic acids is 3. The van der Waals surface area contributed by atoms with E-state index in [-0.39, 0.29) is 6.61 Å². The molecule has 26 heavy (non-hydrogen) atoms. The topological polar surface area (TPSA) is 97.4 Å². The Kier molecular flexibility index (Phi) is 8.45. The van der Waals surface area contributed by atoms with Gasteiger partial charge in [-0.25, -0.2) is 0 Å². The maximum absolute atomic E-state index is 11.5. The van der Waals surface area contributed by atoms with E-state index in [2.05, 4.69) is 21.0 Å². The first-order valence-corrected chi connectivity index (χ1v) is 8.62. The van der Waals surface area contributed by atoms with Gasteiger partial charge in [-0.3, -0.25) is 14.4 Å². The van der Waals surface area contributed by atoms with Gasteiger partial charge in [0.15, 0.2) is 24.6 Å². The molecule has 1 saturated heterocycles. The molecule has 1 heterocycles. The number of ether oxygens (including phenoxy) is 5. The first kappa shape index (κ1) is 22.3. The average Bonchev–Trinajstić information content (AvgIpc) is 2.51. The summed E-state index contributed by atoms with van der Waals surface area (Å²) in [5, 5.41) is 0. The number of likely N-dealkylation sites (N-methyl/N-ethyl adjacent to an activating group) is 1. The minimum Gasteiger partial charge on any atom is -0.456 e. The summed E-state index contributed by atoms with van der Waals surface area (Å²) in [6.45, 7) is 7.72. The van der Waals surface area contributed by atoms with Crippen LogP contribution in [-0.2, 0) is 38.1 Å². The van der Waals surface area contributed by atoms with Crippen molar-refractivity contribution in [3.05, 3.63) is 0 Å². The second kappa shape index (κ2) is 9.84. The summed E-state index contributed by atoms with van der Waals surface area (Å²) in [4.78, 5) is 34.3. The van der Waals surface area contributed by atoms with E-state index in [0.29, 0.717) is 6.61 Å². The standard InChI is InChI=1S/C17H30NO8/c1-7-18(5,6)8-9-22-17-16(26-13(4)21)15(25-12(3)20)14(10-23-17)24-11(2)19/h14-17H,7-10H2,1-6H3/q+1/t14-,15+,16-,17-/m1/s1. The first-order valence-electron chi connectivity index (χ1n) is 8.62. The summed E-state index contributed by atoms with van der Waals surface area (Å²) < 4.78 is 27.8. The smallest absolute Gasteiger partial charge is 0.303 e. The fourth-order valence-corrected chi connectivity index (χ4v) is 2.43. The Labute approximate surface area is 154 Å². The van der Waals surface area contributed by atoms with Crippen LogP contribution in [0.3, 0.4) is 0 Å². The van der Waals surface area contributed by atoms with Gasteiger partial charge in [-0.2, -0.15) is 0 Å². The summed E-state index contributed by atoms with van der Waals surface area (Å²) in [6.07, 6.45) is -3.85. The predicted octanol–water partition coefficient (Wildman–Crippen LogP) is 0.251. The SMILES string of the molecule is CC[N+](C)(C)CCO[C@@H]1OC[C@@H](OC(C)=O)[C@H](OC(C)=O)[C@H]1OC(C)=O. The lowest BCUT2D eigenvalue weighted by atomic mass is 10.0. The molecule has 1 fully saturated rings. The highest BCUT2D eigenvalue weighted by Gasteiger charge is 2.47. The summed E-state index contributed by atoms with van der Waals surface area (Å²) in [7, 11) is 4.13. The molecule has 1 aliphatic heterocycles. The van der Waals surface area contributed by atoms with Crippen LogP contribution in [-0.4, -0.2) is 87.4 Å². The zero-order chi connectivity index (χ0) is 19.9. The molecule has 1 rings (SSSR count). The van der Waals surface area contributed by atoms with Crippen molar-refractivity contribution in [1.29, 1.82) is 0 Å². The highest BCUT2D eigenvalue weighted by molar-refractivity contribution is 5.68. The van der Waals surface area contributed by atoms with Crippen LogP contribution in [0.5, 0.6) is 0 Å². The molecule has 0 radical (unpaired) electrons. The van der Waals surface area contributed by atoms with Crippen molar-refractivity contribution < 1.29 is 42.6 Å². The molecule has 0 saturated carbocycles. The van der Waals surface area contributed by atoms with Crippen LogP contribution < -0.4 is 0 Å². The molecule has 150 valence electrons.